The van der Waals surface area contributed by atoms with E-state index in [9.17, 15) is 14.0 Å². The van der Waals surface area contributed by atoms with Crippen LogP contribution in [0.15, 0.2) is 53.9 Å². The van der Waals surface area contributed by atoms with Gasteiger partial charge in [-0.2, -0.15) is 0 Å². The number of hydrogen-bond donors (Lipinski definition) is 2. The minimum atomic E-state index is -0.409. The fraction of sp³-hybridized carbons (Fsp3) is 0.150. The molecule has 0 saturated carbocycles. The van der Waals surface area contributed by atoms with Crippen molar-refractivity contribution in [3.8, 4) is 5.75 Å². The molecule has 8 heteroatoms. The third-order valence-electron chi connectivity index (χ3n) is 3.87. The van der Waals surface area contributed by atoms with E-state index in [2.05, 4.69) is 15.6 Å². The summed E-state index contributed by atoms with van der Waals surface area (Å²) in [4.78, 5) is 28.5. The van der Waals surface area contributed by atoms with Gasteiger partial charge in [0.05, 0.1) is 19.2 Å². The van der Waals surface area contributed by atoms with Crippen LogP contribution in [-0.4, -0.2) is 23.9 Å². The van der Waals surface area contributed by atoms with Crippen LogP contribution in [-0.2, 0) is 17.8 Å². The number of carbonyl (C=O) groups excluding carboxylic acids is 2. The van der Waals surface area contributed by atoms with Crippen LogP contribution in [0.2, 0.25) is 0 Å². The van der Waals surface area contributed by atoms with Gasteiger partial charge >= 0.3 is 0 Å². The number of anilines is 1. The summed E-state index contributed by atoms with van der Waals surface area (Å²) >= 11 is 1.23. The molecular weight excluding hydrogens is 381 g/mol. The Kier molecular flexibility index (Phi) is 6.33. The molecular formula is C20H18FN3O3S. The highest BCUT2D eigenvalue weighted by atomic mass is 32.1. The Morgan fingerprint density at radius 2 is 1.82 bits per heavy atom. The molecule has 28 heavy (non-hydrogen) atoms. The number of carbonyl (C=O) groups is 2. The van der Waals surface area contributed by atoms with Gasteiger partial charge < -0.3 is 10.1 Å². The van der Waals surface area contributed by atoms with Crippen LogP contribution in [0.25, 0.3) is 0 Å². The average molecular weight is 399 g/mol. The molecule has 2 N–H and O–H groups in total. The van der Waals surface area contributed by atoms with Crippen molar-refractivity contribution in [2.75, 3.05) is 12.4 Å². The first-order chi connectivity index (χ1) is 13.5. The van der Waals surface area contributed by atoms with Crippen molar-refractivity contribution in [1.29, 1.82) is 0 Å². The van der Waals surface area contributed by atoms with Crippen LogP contribution < -0.4 is 15.4 Å². The lowest BCUT2D eigenvalue weighted by molar-refractivity contribution is -0.120. The number of rotatable bonds is 7. The van der Waals surface area contributed by atoms with Gasteiger partial charge in [-0.1, -0.05) is 12.1 Å². The van der Waals surface area contributed by atoms with E-state index in [1.807, 2.05) is 24.3 Å². The van der Waals surface area contributed by atoms with Gasteiger partial charge in [-0.3, -0.25) is 14.9 Å². The fourth-order valence-corrected chi connectivity index (χ4v) is 3.09. The van der Waals surface area contributed by atoms with Crippen molar-refractivity contribution in [3.63, 3.8) is 0 Å². The molecule has 0 atom stereocenters. The SMILES string of the molecule is COc1ccc(CNC(=O)Cc2csc(NC(=O)c3ccc(F)cc3)n2)cc1. The predicted octanol–water partition coefficient (Wildman–Crippen LogP) is 3.40. The number of hydrogen-bond acceptors (Lipinski definition) is 5. The molecule has 1 heterocycles. The normalized spacial score (nSPS) is 10.4. The molecule has 0 aliphatic carbocycles. The Labute approximate surface area is 165 Å². The van der Waals surface area contributed by atoms with Crippen molar-refractivity contribution in [2.45, 2.75) is 13.0 Å². The highest BCUT2D eigenvalue weighted by molar-refractivity contribution is 7.14. The number of nitrogens with zero attached hydrogens (tertiary/aromatic N) is 1. The molecule has 0 saturated heterocycles. The van der Waals surface area contributed by atoms with E-state index in [0.717, 1.165) is 11.3 Å². The summed E-state index contributed by atoms with van der Waals surface area (Å²) in [5, 5.41) is 7.57. The van der Waals surface area contributed by atoms with E-state index in [1.165, 1.54) is 35.6 Å². The zero-order chi connectivity index (χ0) is 19.9. The molecule has 0 aliphatic heterocycles. The zero-order valence-corrected chi connectivity index (χ0v) is 15.9. The lowest BCUT2D eigenvalue weighted by atomic mass is 10.2. The number of amides is 2. The highest BCUT2D eigenvalue weighted by Crippen LogP contribution is 2.17. The Hall–Kier alpha value is -3.26. The number of nitrogens with one attached hydrogen (secondary N) is 2. The number of methoxy groups -OCH3 is 1. The van der Waals surface area contributed by atoms with Crippen molar-refractivity contribution in [2.24, 2.45) is 0 Å². The number of ether oxygens (including phenoxy) is 1. The van der Waals surface area contributed by atoms with Gasteiger partial charge in [0.25, 0.3) is 5.91 Å². The van der Waals surface area contributed by atoms with Crippen molar-refractivity contribution in [1.82, 2.24) is 10.3 Å². The van der Waals surface area contributed by atoms with E-state index in [4.69, 9.17) is 4.74 Å². The number of benzene rings is 2. The summed E-state index contributed by atoms with van der Waals surface area (Å²) in [7, 11) is 1.60. The maximum Gasteiger partial charge on any atom is 0.257 e. The second-order valence-corrected chi connectivity index (χ2v) is 6.76. The van der Waals surface area contributed by atoms with Crippen molar-refractivity contribution < 1.29 is 18.7 Å². The molecule has 6 nitrogen and oxygen atoms in total. The zero-order valence-electron chi connectivity index (χ0n) is 15.1. The molecule has 0 spiro atoms. The Morgan fingerprint density at radius 1 is 1.11 bits per heavy atom. The van der Waals surface area contributed by atoms with Gasteiger partial charge in [0, 0.05) is 17.5 Å². The largest absolute Gasteiger partial charge is 0.497 e. The molecule has 1 aromatic heterocycles. The minimum absolute atomic E-state index is 0.110. The lowest BCUT2D eigenvalue weighted by Crippen LogP contribution is -2.24. The van der Waals surface area contributed by atoms with Gasteiger partial charge in [-0.25, -0.2) is 9.37 Å². The quantitative estimate of drug-likeness (QED) is 0.638. The van der Waals surface area contributed by atoms with E-state index >= 15 is 0 Å². The maximum absolute atomic E-state index is 12.9. The molecule has 0 radical (unpaired) electrons. The van der Waals surface area contributed by atoms with Crippen molar-refractivity contribution >= 4 is 28.3 Å². The third-order valence-corrected chi connectivity index (χ3v) is 4.68. The molecule has 3 rings (SSSR count). The van der Waals surface area contributed by atoms with Crippen LogP contribution in [0.5, 0.6) is 5.75 Å². The molecule has 0 aliphatic rings. The van der Waals surface area contributed by atoms with Gasteiger partial charge in [0.1, 0.15) is 11.6 Å². The average Bonchev–Trinajstić information content (AvgIpc) is 3.13. The summed E-state index contributed by atoms with van der Waals surface area (Å²) in [5.41, 5.74) is 1.85. The molecule has 144 valence electrons. The first-order valence-electron chi connectivity index (χ1n) is 8.44. The van der Waals surface area contributed by atoms with E-state index in [0.29, 0.717) is 22.9 Å². The minimum Gasteiger partial charge on any atom is -0.497 e. The maximum atomic E-state index is 12.9. The van der Waals surface area contributed by atoms with Crippen LogP contribution in [0.3, 0.4) is 0 Å². The molecule has 0 bridgehead atoms. The molecule has 3 aromatic rings. The second kappa shape index (κ2) is 9.09. The fourth-order valence-electron chi connectivity index (χ4n) is 2.39. The van der Waals surface area contributed by atoms with E-state index in [1.54, 1.807) is 12.5 Å². The number of halogens is 1. The van der Waals surface area contributed by atoms with Crippen LogP contribution in [0.4, 0.5) is 9.52 Å². The summed E-state index contributed by atoms with van der Waals surface area (Å²) in [6.07, 6.45) is 0.110. The van der Waals surface area contributed by atoms with E-state index in [-0.39, 0.29) is 18.2 Å². The van der Waals surface area contributed by atoms with Gasteiger partial charge in [-0.15, -0.1) is 11.3 Å². The van der Waals surface area contributed by atoms with Gasteiger partial charge in [0.2, 0.25) is 5.91 Å². The summed E-state index contributed by atoms with van der Waals surface area (Å²) in [5.74, 6) is -0.205. The Bertz CT molecular complexity index is 956. The second-order valence-electron chi connectivity index (χ2n) is 5.91. The summed E-state index contributed by atoms with van der Waals surface area (Å²) < 4.78 is 18.0. The van der Waals surface area contributed by atoms with Crippen LogP contribution >= 0.6 is 11.3 Å². The van der Waals surface area contributed by atoms with Crippen LogP contribution in [0, 0.1) is 5.82 Å². The summed E-state index contributed by atoms with van der Waals surface area (Å²) in [6.45, 7) is 0.404. The Balaban J connectivity index is 1.49. The molecule has 2 aromatic carbocycles. The lowest BCUT2D eigenvalue weighted by Gasteiger charge is -2.05. The van der Waals surface area contributed by atoms with Gasteiger partial charge in [-0.05, 0) is 42.0 Å². The first-order valence-corrected chi connectivity index (χ1v) is 9.32. The van der Waals surface area contributed by atoms with Gasteiger partial charge in [0.15, 0.2) is 5.13 Å². The smallest absolute Gasteiger partial charge is 0.257 e. The topological polar surface area (TPSA) is 80.3 Å². The van der Waals surface area contributed by atoms with Crippen molar-refractivity contribution in [3.05, 3.63) is 76.5 Å². The number of aromatic nitrogens is 1. The predicted molar refractivity (Wildman–Crippen MR) is 105 cm³/mol. The summed E-state index contributed by atoms with van der Waals surface area (Å²) in [6, 6.07) is 12.6. The van der Waals surface area contributed by atoms with Crippen LogP contribution in [0.1, 0.15) is 21.6 Å². The third kappa shape index (κ3) is 5.37. The first kappa shape index (κ1) is 19.5. The highest BCUT2D eigenvalue weighted by Gasteiger charge is 2.11. The molecule has 0 fully saturated rings. The number of thiazole rings is 1. The Morgan fingerprint density at radius 3 is 2.50 bits per heavy atom. The van der Waals surface area contributed by atoms with E-state index < -0.39 is 5.82 Å². The monoisotopic (exact) mass is 399 g/mol. The standard InChI is InChI=1S/C20H18FN3O3S/c1-27-17-8-2-13(3-9-17)11-22-18(25)10-16-12-28-20(23-16)24-19(26)14-4-6-15(21)7-5-14/h2-9,12H,10-11H2,1H3,(H,22,25)(H,23,24,26). The molecule has 0 unspecified atom stereocenters. The molecule has 2 amide bonds.